The Kier molecular flexibility index (Phi) is 10.0. The van der Waals surface area contributed by atoms with Gasteiger partial charge in [0.1, 0.15) is 5.82 Å². The average molecular weight is 665 g/mol. The van der Waals surface area contributed by atoms with Crippen molar-refractivity contribution in [3.05, 3.63) is 70.0 Å². The topological polar surface area (TPSA) is 47.1 Å². The van der Waals surface area contributed by atoms with Gasteiger partial charge in [-0.15, -0.1) is 12.4 Å². The first-order valence-corrected chi connectivity index (χ1v) is 14.7. The van der Waals surface area contributed by atoms with Crippen LogP contribution in [0.3, 0.4) is 0 Å². The van der Waals surface area contributed by atoms with Crippen molar-refractivity contribution < 1.29 is 40.3 Å². The summed E-state index contributed by atoms with van der Waals surface area (Å²) in [5.74, 6) is -0.274. The maximum absolute atomic E-state index is 14.1. The van der Waals surface area contributed by atoms with Gasteiger partial charge in [-0.2, -0.15) is 26.3 Å². The van der Waals surface area contributed by atoms with Crippen molar-refractivity contribution in [3.63, 3.8) is 0 Å². The lowest BCUT2D eigenvalue weighted by Crippen LogP contribution is -2.57. The molecule has 0 N–H and O–H groups in total. The number of likely N-dealkylation sites (tertiary alicyclic amines) is 1. The molecule has 3 heterocycles. The molecule has 0 aliphatic carbocycles. The van der Waals surface area contributed by atoms with Crippen molar-refractivity contribution in [1.29, 1.82) is 0 Å². The Bertz CT molecular complexity index is 1390. The van der Waals surface area contributed by atoms with E-state index < -0.39 is 47.4 Å². The maximum atomic E-state index is 14.1. The molecule has 2 aromatic carbocycles. The van der Waals surface area contributed by atoms with Crippen molar-refractivity contribution in [1.82, 2.24) is 19.6 Å². The summed E-state index contributed by atoms with van der Waals surface area (Å²) < 4.78 is 95.2. The quantitative estimate of drug-likeness (QED) is 0.325. The minimum Gasteiger partial charge on any atom is -0.337 e. The lowest BCUT2D eigenvalue weighted by molar-refractivity contribution is -0.143. The van der Waals surface area contributed by atoms with Crippen LogP contribution in [0.1, 0.15) is 72.5 Å². The van der Waals surface area contributed by atoms with Crippen LogP contribution in [0.15, 0.2) is 36.4 Å². The minimum absolute atomic E-state index is 0. The predicted octanol–water partition coefficient (Wildman–Crippen LogP) is 7.22. The fourth-order valence-electron chi connectivity index (χ4n) is 6.85. The Morgan fingerprint density at radius 1 is 0.933 bits per heavy atom. The molecule has 5 rings (SSSR count). The zero-order valence-corrected chi connectivity index (χ0v) is 25.9. The number of urea groups is 1. The summed E-state index contributed by atoms with van der Waals surface area (Å²) >= 11 is 0. The van der Waals surface area contributed by atoms with E-state index in [4.69, 9.17) is 0 Å². The van der Waals surface area contributed by atoms with Crippen LogP contribution in [0, 0.1) is 12.7 Å². The van der Waals surface area contributed by atoms with Gasteiger partial charge in [-0.1, -0.05) is 6.07 Å². The number of amides is 3. The fraction of sp³-hybridized carbons (Fsp3) is 0.548. The van der Waals surface area contributed by atoms with Crippen LogP contribution in [0.4, 0.5) is 35.5 Å². The number of piperazine rings is 1. The molecule has 2 aromatic rings. The first kappa shape index (κ1) is 34.8. The Labute approximate surface area is 263 Å². The third-order valence-electron chi connectivity index (χ3n) is 9.43. The Hall–Kier alpha value is -3.06. The smallest absolute Gasteiger partial charge is 0.337 e. The zero-order valence-electron chi connectivity index (χ0n) is 25.1. The zero-order chi connectivity index (χ0) is 32.1. The number of hydrogen-bond acceptors (Lipinski definition) is 3. The fourth-order valence-corrected chi connectivity index (χ4v) is 6.85. The summed E-state index contributed by atoms with van der Waals surface area (Å²) in [7, 11) is 1.36. The molecule has 3 amide bonds. The van der Waals surface area contributed by atoms with E-state index in [1.165, 1.54) is 26.1 Å². The van der Waals surface area contributed by atoms with Crippen LogP contribution < -0.4 is 0 Å². The third-order valence-corrected chi connectivity index (χ3v) is 9.43. The molecule has 0 radical (unpaired) electrons. The van der Waals surface area contributed by atoms with Gasteiger partial charge < -0.3 is 14.7 Å². The number of halogens is 8. The number of carbonyl (C=O) groups excluding carboxylic acids is 2. The van der Waals surface area contributed by atoms with E-state index >= 15 is 0 Å². The molecule has 0 saturated carbocycles. The SMILES string of the molecule is Cc1cc(F)ccc1[C@H]1C[C@@H](N2CCN3C(=O)CC[C@@H]3C2)CCN1C(=O)N(C)[C@H](C)c1cc(C(F)(F)F)cc(C(F)(F)F)c1.Cl. The first-order chi connectivity index (χ1) is 20.5. The summed E-state index contributed by atoms with van der Waals surface area (Å²) in [6, 6.07) is 3.68. The number of fused-ring (bicyclic) bond motifs is 1. The lowest BCUT2D eigenvalue weighted by Gasteiger charge is -2.48. The van der Waals surface area contributed by atoms with Gasteiger partial charge in [-0.25, -0.2) is 9.18 Å². The molecule has 3 fully saturated rings. The molecule has 45 heavy (non-hydrogen) atoms. The van der Waals surface area contributed by atoms with Crippen LogP contribution in [0.5, 0.6) is 0 Å². The summed E-state index contributed by atoms with van der Waals surface area (Å²) in [5, 5.41) is 0. The van der Waals surface area contributed by atoms with E-state index in [0.717, 1.165) is 16.9 Å². The monoisotopic (exact) mass is 664 g/mol. The predicted molar refractivity (Wildman–Crippen MR) is 155 cm³/mol. The number of nitrogens with zero attached hydrogens (tertiary/aromatic N) is 4. The molecule has 0 unspecified atom stereocenters. The third kappa shape index (κ3) is 7.19. The second-order valence-corrected chi connectivity index (χ2v) is 12.1. The van der Waals surface area contributed by atoms with Crippen molar-refractivity contribution in [2.45, 2.75) is 76.1 Å². The highest BCUT2D eigenvalue weighted by molar-refractivity contribution is 5.85. The number of alkyl halides is 6. The van der Waals surface area contributed by atoms with Gasteiger partial charge in [0.25, 0.3) is 0 Å². The second-order valence-electron chi connectivity index (χ2n) is 12.1. The summed E-state index contributed by atoms with van der Waals surface area (Å²) in [6.07, 6.45) is -7.60. The number of hydrogen-bond donors (Lipinski definition) is 0. The maximum Gasteiger partial charge on any atom is 0.416 e. The Morgan fingerprint density at radius 3 is 2.18 bits per heavy atom. The van der Waals surface area contributed by atoms with Gasteiger partial charge in [-0.3, -0.25) is 9.69 Å². The van der Waals surface area contributed by atoms with Crippen LogP contribution in [-0.2, 0) is 17.1 Å². The van der Waals surface area contributed by atoms with Crippen molar-refractivity contribution in [3.8, 4) is 0 Å². The Morgan fingerprint density at radius 2 is 1.58 bits per heavy atom. The number of benzene rings is 2. The molecule has 6 nitrogen and oxygen atoms in total. The van der Waals surface area contributed by atoms with Crippen molar-refractivity contribution >= 4 is 24.3 Å². The molecule has 4 atom stereocenters. The Balaban J connectivity index is 0.00000461. The van der Waals surface area contributed by atoms with E-state index in [2.05, 4.69) is 4.90 Å². The van der Waals surface area contributed by atoms with Crippen molar-refractivity contribution in [2.24, 2.45) is 0 Å². The average Bonchev–Trinajstić information content (AvgIpc) is 3.34. The van der Waals surface area contributed by atoms with Gasteiger partial charge in [0.05, 0.1) is 23.2 Å². The molecule has 248 valence electrons. The number of piperidine rings is 1. The van der Waals surface area contributed by atoms with Gasteiger partial charge in [0.2, 0.25) is 5.91 Å². The molecular weight excluding hydrogens is 629 g/mol. The first-order valence-electron chi connectivity index (χ1n) is 14.7. The van der Waals surface area contributed by atoms with E-state index in [1.807, 2.05) is 4.90 Å². The van der Waals surface area contributed by atoms with E-state index in [-0.39, 0.29) is 48.6 Å². The molecule has 3 aliphatic heterocycles. The van der Waals surface area contributed by atoms with Gasteiger partial charge >= 0.3 is 18.4 Å². The van der Waals surface area contributed by atoms with Crippen LogP contribution in [0.2, 0.25) is 0 Å². The lowest BCUT2D eigenvalue weighted by atomic mass is 9.88. The molecule has 0 bridgehead atoms. The number of carbonyl (C=O) groups is 2. The van der Waals surface area contributed by atoms with Crippen LogP contribution >= 0.6 is 12.4 Å². The normalized spacial score (nSPS) is 23.4. The number of rotatable bonds is 4. The highest BCUT2D eigenvalue weighted by Crippen LogP contribution is 2.40. The summed E-state index contributed by atoms with van der Waals surface area (Å²) in [4.78, 5) is 33.2. The van der Waals surface area contributed by atoms with Crippen molar-refractivity contribution in [2.75, 3.05) is 33.2 Å². The molecule has 14 heteroatoms. The van der Waals surface area contributed by atoms with Crippen LogP contribution in [0.25, 0.3) is 0 Å². The molecule has 3 aliphatic rings. The minimum atomic E-state index is -5.01. The standard InChI is InChI=1S/C31H35F7N4O2.ClH/c1-18-12-23(32)4-6-26(18)27-16-24(40-10-11-41-25(17-40)5-7-28(41)43)8-9-42(27)29(44)39(3)19(2)20-13-21(30(33,34)35)15-22(14-20)31(36,37)38;/h4,6,12-15,19,24-25,27H,5,7-11,16-17H2,1-3H3;1H/t19-,24+,25-,27-;/m1./s1. The largest absolute Gasteiger partial charge is 0.416 e. The molecule has 0 aromatic heterocycles. The number of aryl methyl sites for hydroxylation is 1. The van der Waals surface area contributed by atoms with Gasteiger partial charge in [0.15, 0.2) is 0 Å². The highest BCUT2D eigenvalue weighted by Gasteiger charge is 2.43. The van der Waals surface area contributed by atoms with Gasteiger partial charge in [0, 0.05) is 51.7 Å². The van der Waals surface area contributed by atoms with E-state index in [1.54, 1.807) is 17.9 Å². The van der Waals surface area contributed by atoms with Crippen LogP contribution in [-0.4, -0.2) is 76.8 Å². The highest BCUT2D eigenvalue weighted by atomic mass is 35.5. The van der Waals surface area contributed by atoms with E-state index in [0.29, 0.717) is 56.6 Å². The molecule has 3 saturated heterocycles. The molecular formula is C31H36ClF7N4O2. The summed E-state index contributed by atoms with van der Waals surface area (Å²) in [6.45, 7) is 5.43. The van der Waals surface area contributed by atoms with E-state index in [9.17, 15) is 40.3 Å². The second kappa shape index (κ2) is 13.0. The summed E-state index contributed by atoms with van der Waals surface area (Å²) in [5.41, 5.74) is -1.84. The van der Waals surface area contributed by atoms with Gasteiger partial charge in [-0.05, 0) is 80.1 Å². The molecule has 0 spiro atoms.